The fourth-order valence-corrected chi connectivity index (χ4v) is 4.68. The number of carbonyl (C=O) groups is 2. The van der Waals surface area contributed by atoms with Crippen molar-refractivity contribution in [3.05, 3.63) is 53.7 Å². The smallest absolute Gasteiger partial charge is 0.426 e. The lowest BCUT2D eigenvalue weighted by Gasteiger charge is -2.26. The highest BCUT2D eigenvalue weighted by atomic mass is 19.4. The maximum Gasteiger partial charge on any atom is 0.435 e. The van der Waals surface area contributed by atoms with Crippen molar-refractivity contribution in [3.8, 4) is 17.0 Å². The third-order valence-electron chi connectivity index (χ3n) is 6.77. The molecular formula is C27H29F3N8O5. The van der Waals surface area contributed by atoms with E-state index < -0.39 is 11.9 Å². The van der Waals surface area contributed by atoms with Crippen LogP contribution in [0.15, 0.2) is 36.9 Å². The maximum atomic E-state index is 14.0. The molecule has 1 aliphatic heterocycles. The molecule has 228 valence electrons. The molecule has 43 heavy (non-hydrogen) atoms. The maximum absolute atomic E-state index is 14.0. The van der Waals surface area contributed by atoms with E-state index in [2.05, 4.69) is 25.7 Å². The number of aromatic nitrogens is 5. The summed E-state index contributed by atoms with van der Waals surface area (Å²) in [6, 6.07) is 2.82. The van der Waals surface area contributed by atoms with Crippen LogP contribution >= 0.6 is 0 Å². The molecular weight excluding hydrogens is 573 g/mol. The van der Waals surface area contributed by atoms with E-state index in [9.17, 15) is 22.8 Å². The number of amides is 1. The molecule has 1 aliphatic rings. The molecule has 4 heterocycles. The van der Waals surface area contributed by atoms with E-state index in [0.29, 0.717) is 36.4 Å². The van der Waals surface area contributed by atoms with Gasteiger partial charge in [0.15, 0.2) is 22.9 Å². The molecule has 1 saturated heterocycles. The molecule has 0 atom stereocenters. The largest absolute Gasteiger partial charge is 0.435 e. The van der Waals surface area contributed by atoms with E-state index in [4.69, 9.17) is 19.9 Å². The van der Waals surface area contributed by atoms with Gasteiger partial charge in [0, 0.05) is 42.8 Å². The number of imidazole rings is 1. The van der Waals surface area contributed by atoms with Gasteiger partial charge in [0.05, 0.1) is 55.6 Å². The zero-order valence-electron chi connectivity index (χ0n) is 23.1. The second-order valence-corrected chi connectivity index (χ2v) is 9.49. The first-order chi connectivity index (χ1) is 20.8. The van der Waals surface area contributed by atoms with E-state index in [-0.39, 0.29) is 73.3 Å². The third-order valence-corrected chi connectivity index (χ3v) is 6.77. The van der Waals surface area contributed by atoms with Crippen LogP contribution in [0, 0.1) is 0 Å². The Morgan fingerprint density at radius 2 is 2.07 bits per heavy atom. The van der Waals surface area contributed by atoms with Crippen LogP contribution in [0.5, 0.6) is 5.75 Å². The number of nitrogens with zero attached hydrogens (tertiary/aromatic N) is 5. The van der Waals surface area contributed by atoms with Crippen LogP contribution < -0.4 is 21.1 Å². The minimum atomic E-state index is -4.70. The first kappa shape index (κ1) is 29.9. The zero-order valence-corrected chi connectivity index (χ0v) is 23.1. The Labute approximate surface area is 243 Å². The van der Waals surface area contributed by atoms with Crippen molar-refractivity contribution in [3.63, 3.8) is 0 Å². The summed E-state index contributed by atoms with van der Waals surface area (Å²) in [4.78, 5) is 33.0. The van der Waals surface area contributed by atoms with Gasteiger partial charge in [-0.05, 0) is 18.6 Å². The monoisotopic (exact) mass is 602 g/mol. The summed E-state index contributed by atoms with van der Waals surface area (Å²) in [6.45, 7) is 3.87. The lowest BCUT2D eigenvalue weighted by atomic mass is 10.0. The van der Waals surface area contributed by atoms with Crippen LogP contribution in [0.1, 0.15) is 34.6 Å². The molecule has 0 aliphatic carbocycles. The molecule has 3 aromatic heterocycles. The summed E-state index contributed by atoms with van der Waals surface area (Å²) in [6.07, 6.45) is 1.16. The number of alkyl halides is 3. The van der Waals surface area contributed by atoms with Gasteiger partial charge in [0.1, 0.15) is 0 Å². The lowest BCUT2D eigenvalue weighted by molar-refractivity contribution is -0.141. The van der Waals surface area contributed by atoms with E-state index in [1.165, 1.54) is 33.9 Å². The Kier molecular flexibility index (Phi) is 8.89. The SMILES string of the molecule is CCc1c(C(=O)NCCOCCN)ccc(Nc2nccn3c(-c4cn(C5COC5)nc4C(F)(F)F)cnc23)c1OC=O. The van der Waals surface area contributed by atoms with Crippen LogP contribution in [0.4, 0.5) is 24.7 Å². The molecule has 5 rings (SSSR count). The third kappa shape index (κ3) is 6.16. The number of anilines is 2. The highest BCUT2D eigenvalue weighted by Gasteiger charge is 2.39. The van der Waals surface area contributed by atoms with Gasteiger partial charge in [-0.15, -0.1) is 0 Å². The molecule has 16 heteroatoms. The number of rotatable bonds is 13. The van der Waals surface area contributed by atoms with Gasteiger partial charge < -0.3 is 30.6 Å². The second-order valence-electron chi connectivity index (χ2n) is 9.49. The van der Waals surface area contributed by atoms with Crippen molar-refractivity contribution in [2.75, 3.05) is 44.8 Å². The number of hydrogen-bond acceptors (Lipinski definition) is 10. The summed E-state index contributed by atoms with van der Waals surface area (Å²) in [5.74, 6) is -0.110. The molecule has 4 N–H and O–H groups in total. The average molecular weight is 603 g/mol. The Bertz CT molecular complexity index is 1620. The number of halogens is 3. The summed E-state index contributed by atoms with van der Waals surface area (Å²) in [7, 11) is 0. The molecule has 1 aromatic carbocycles. The molecule has 0 bridgehead atoms. The number of hydrogen-bond donors (Lipinski definition) is 3. The predicted molar refractivity (Wildman–Crippen MR) is 147 cm³/mol. The van der Waals surface area contributed by atoms with E-state index in [0.717, 1.165) is 0 Å². The van der Waals surface area contributed by atoms with Gasteiger partial charge in [-0.2, -0.15) is 18.3 Å². The summed E-state index contributed by atoms with van der Waals surface area (Å²) < 4.78 is 60.3. The molecule has 1 fully saturated rings. The Morgan fingerprint density at radius 1 is 1.26 bits per heavy atom. The number of carbonyl (C=O) groups excluding carboxylic acids is 2. The molecule has 0 spiro atoms. The van der Waals surface area contributed by atoms with E-state index in [1.54, 1.807) is 19.1 Å². The number of fused-ring (bicyclic) bond motifs is 1. The lowest BCUT2D eigenvalue weighted by Crippen LogP contribution is -2.31. The zero-order chi connectivity index (χ0) is 30.6. The van der Waals surface area contributed by atoms with Crippen LogP contribution in [0.25, 0.3) is 16.9 Å². The number of ether oxygens (including phenoxy) is 3. The fraction of sp³-hybridized carbons (Fsp3) is 0.370. The first-order valence-corrected chi connectivity index (χ1v) is 13.4. The minimum absolute atomic E-state index is 0.100. The molecule has 0 saturated carbocycles. The van der Waals surface area contributed by atoms with Gasteiger partial charge in [-0.25, -0.2) is 9.97 Å². The van der Waals surface area contributed by atoms with Crippen molar-refractivity contribution >= 4 is 29.5 Å². The molecule has 0 unspecified atom stereocenters. The number of nitrogens with one attached hydrogen (secondary N) is 2. The van der Waals surface area contributed by atoms with E-state index >= 15 is 0 Å². The van der Waals surface area contributed by atoms with Crippen LogP contribution in [0.3, 0.4) is 0 Å². The number of nitrogens with two attached hydrogens (primary N) is 1. The van der Waals surface area contributed by atoms with Gasteiger partial charge in [0.25, 0.3) is 12.4 Å². The average Bonchev–Trinajstić information content (AvgIpc) is 3.58. The fourth-order valence-electron chi connectivity index (χ4n) is 4.68. The summed E-state index contributed by atoms with van der Waals surface area (Å²) in [5, 5.41) is 9.62. The van der Waals surface area contributed by atoms with Gasteiger partial charge >= 0.3 is 6.18 Å². The van der Waals surface area contributed by atoms with Crippen molar-refractivity contribution in [1.29, 1.82) is 0 Å². The molecule has 0 radical (unpaired) electrons. The summed E-state index contributed by atoms with van der Waals surface area (Å²) >= 11 is 0. The molecule has 13 nitrogen and oxygen atoms in total. The van der Waals surface area contributed by atoms with Crippen molar-refractivity contribution < 1.29 is 37.0 Å². The van der Waals surface area contributed by atoms with Crippen molar-refractivity contribution in [2.45, 2.75) is 25.6 Å². The molecule has 4 aromatic rings. The standard InChI is InChI=1S/C27H29F3N8O5/c1-2-17-18(26(40)33-7-10-41-9-5-31)3-4-20(22(17)43-15-39)35-24-25-34-11-21(37(25)8-6-32-24)19-12-38(16-13-42-14-16)36-23(19)27(28,29)30/h3-4,6,8,11-12,15-16H,2,5,7,9-10,13-14,31H2,1H3,(H,32,35)(H,33,40). The van der Waals surface area contributed by atoms with Gasteiger partial charge in [0.2, 0.25) is 0 Å². The highest BCUT2D eigenvalue weighted by Crippen LogP contribution is 2.39. The van der Waals surface area contributed by atoms with Crippen LogP contribution in [-0.4, -0.2) is 76.0 Å². The quantitative estimate of drug-likeness (QED) is 0.153. The van der Waals surface area contributed by atoms with E-state index in [1.807, 2.05) is 0 Å². The first-order valence-electron chi connectivity index (χ1n) is 13.4. The Balaban J connectivity index is 1.48. The Morgan fingerprint density at radius 3 is 2.74 bits per heavy atom. The second kappa shape index (κ2) is 12.8. The molecule has 1 amide bonds. The van der Waals surface area contributed by atoms with Crippen LogP contribution in [0.2, 0.25) is 0 Å². The van der Waals surface area contributed by atoms with Gasteiger partial charge in [-0.3, -0.25) is 18.7 Å². The topological polar surface area (TPSA) is 160 Å². The van der Waals surface area contributed by atoms with Crippen molar-refractivity contribution in [2.24, 2.45) is 5.73 Å². The number of benzene rings is 1. The predicted octanol–water partition coefficient (Wildman–Crippen LogP) is 2.73. The normalized spacial score (nSPS) is 13.6. The van der Waals surface area contributed by atoms with Crippen molar-refractivity contribution in [1.82, 2.24) is 29.5 Å². The Hall–Kier alpha value is -4.54. The van der Waals surface area contributed by atoms with Gasteiger partial charge in [-0.1, -0.05) is 6.92 Å². The summed E-state index contributed by atoms with van der Waals surface area (Å²) in [5.41, 5.74) is 5.62. The highest BCUT2D eigenvalue weighted by molar-refractivity contribution is 5.97. The minimum Gasteiger partial charge on any atom is -0.426 e. The van der Waals surface area contributed by atoms with Crippen LogP contribution in [-0.2, 0) is 26.9 Å².